The summed E-state index contributed by atoms with van der Waals surface area (Å²) in [5.74, 6) is -0.965. The second-order valence-corrected chi connectivity index (χ2v) is 5.22. The van der Waals surface area contributed by atoms with Crippen LogP contribution in [0.15, 0.2) is 12.1 Å². The van der Waals surface area contributed by atoms with Crippen LogP contribution in [0.2, 0.25) is 10.0 Å². The van der Waals surface area contributed by atoms with Crippen molar-refractivity contribution in [3.05, 3.63) is 33.6 Å². The predicted molar refractivity (Wildman–Crippen MR) is 73.2 cm³/mol. The highest BCUT2D eigenvalue weighted by molar-refractivity contribution is 6.35. The topological polar surface area (TPSA) is 61.4 Å². The lowest BCUT2D eigenvalue weighted by molar-refractivity contribution is -0.124. The van der Waals surface area contributed by atoms with Gasteiger partial charge >= 0.3 is 6.03 Å². The van der Waals surface area contributed by atoms with Crippen molar-refractivity contribution >= 4 is 35.1 Å². The number of hydrogen-bond acceptors (Lipinski definition) is 2. The summed E-state index contributed by atoms with van der Waals surface area (Å²) in [4.78, 5) is 24.5. The van der Waals surface area contributed by atoms with Crippen LogP contribution in [0.25, 0.3) is 0 Å². The molecule has 8 heteroatoms. The van der Waals surface area contributed by atoms with Gasteiger partial charge < -0.3 is 15.5 Å². The van der Waals surface area contributed by atoms with Crippen LogP contribution in [-0.2, 0) is 11.3 Å². The number of hydrogen-bond donors (Lipinski definition) is 2. The third kappa shape index (κ3) is 2.96. The molecule has 1 atom stereocenters. The molecule has 1 aliphatic rings. The van der Waals surface area contributed by atoms with E-state index in [0.717, 1.165) is 6.07 Å². The van der Waals surface area contributed by atoms with E-state index in [-0.39, 0.29) is 40.6 Å². The lowest BCUT2D eigenvalue weighted by Crippen LogP contribution is -2.43. The first-order valence-corrected chi connectivity index (χ1v) is 6.57. The minimum absolute atomic E-state index is 0.0702. The zero-order valence-corrected chi connectivity index (χ0v) is 12.1. The summed E-state index contributed by atoms with van der Waals surface area (Å²) in [7, 11) is 1.52. The molecule has 5 nitrogen and oxygen atoms in total. The number of carbonyl (C=O) groups excluding carboxylic acids is 2. The quantitative estimate of drug-likeness (QED) is 0.892. The number of urea groups is 1. The first-order valence-electron chi connectivity index (χ1n) is 5.82. The SMILES string of the molecule is CN1C(=O)NCC1C(=O)NCc1c(F)cc(Cl)cc1Cl. The van der Waals surface area contributed by atoms with Crippen molar-refractivity contribution in [2.45, 2.75) is 12.6 Å². The Morgan fingerprint density at radius 1 is 1.55 bits per heavy atom. The van der Waals surface area contributed by atoms with Crippen molar-refractivity contribution in [3.63, 3.8) is 0 Å². The van der Waals surface area contributed by atoms with Crippen molar-refractivity contribution in [2.75, 3.05) is 13.6 Å². The third-order valence-electron chi connectivity index (χ3n) is 3.08. The summed E-state index contributed by atoms with van der Waals surface area (Å²) >= 11 is 11.5. The van der Waals surface area contributed by atoms with Crippen LogP contribution in [0.1, 0.15) is 5.56 Å². The van der Waals surface area contributed by atoms with Gasteiger partial charge in [-0.15, -0.1) is 0 Å². The number of amides is 3. The number of rotatable bonds is 3. The average Bonchev–Trinajstić information content (AvgIpc) is 2.68. The maximum absolute atomic E-state index is 13.7. The molecule has 1 saturated heterocycles. The van der Waals surface area contributed by atoms with Crippen LogP contribution in [0.4, 0.5) is 9.18 Å². The zero-order chi connectivity index (χ0) is 14.9. The fourth-order valence-corrected chi connectivity index (χ4v) is 2.43. The largest absolute Gasteiger partial charge is 0.350 e. The van der Waals surface area contributed by atoms with Gasteiger partial charge in [-0.05, 0) is 12.1 Å². The van der Waals surface area contributed by atoms with Gasteiger partial charge in [0, 0.05) is 35.7 Å². The smallest absolute Gasteiger partial charge is 0.317 e. The van der Waals surface area contributed by atoms with Crippen molar-refractivity contribution in [1.82, 2.24) is 15.5 Å². The first-order chi connectivity index (χ1) is 9.40. The summed E-state index contributed by atoms with van der Waals surface area (Å²) in [6.07, 6.45) is 0. The molecule has 1 fully saturated rings. The van der Waals surface area contributed by atoms with E-state index in [2.05, 4.69) is 10.6 Å². The van der Waals surface area contributed by atoms with E-state index >= 15 is 0 Å². The molecular formula is C12H12Cl2FN3O2. The van der Waals surface area contributed by atoms with Gasteiger partial charge in [0.25, 0.3) is 0 Å². The predicted octanol–water partition coefficient (Wildman–Crippen LogP) is 1.77. The second kappa shape index (κ2) is 5.85. The molecule has 0 spiro atoms. The molecular weight excluding hydrogens is 308 g/mol. The monoisotopic (exact) mass is 319 g/mol. The van der Waals surface area contributed by atoms with Gasteiger partial charge in [-0.3, -0.25) is 4.79 Å². The normalized spacial score (nSPS) is 18.1. The summed E-state index contributed by atoms with van der Waals surface area (Å²) < 4.78 is 13.7. The van der Waals surface area contributed by atoms with Gasteiger partial charge in [0.2, 0.25) is 5.91 Å². The standard InChI is InChI=1S/C12H12Cl2FN3O2/c1-18-10(5-17-12(18)20)11(19)16-4-7-8(14)2-6(13)3-9(7)15/h2-3,10H,4-5H2,1H3,(H,16,19)(H,17,20). The molecule has 2 rings (SSSR count). The summed E-state index contributed by atoms with van der Waals surface area (Å²) in [6, 6.07) is 1.60. The number of carbonyl (C=O) groups is 2. The van der Waals surface area contributed by atoms with Crippen molar-refractivity contribution in [1.29, 1.82) is 0 Å². The zero-order valence-electron chi connectivity index (χ0n) is 10.5. The molecule has 2 N–H and O–H groups in total. The highest BCUT2D eigenvalue weighted by Gasteiger charge is 2.32. The van der Waals surface area contributed by atoms with E-state index in [1.807, 2.05) is 0 Å². The molecule has 1 aliphatic heterocycles. The average molecular weight is 320 g/mol. The van der Waals surface area contributed by atoms with E-state index in [4.69, 9.17) is 23.2 Å². The fraction of sp³-hybridized carbons (Fsp3) is 0.333. The molecule has 0 radical (unpaired) electrons. The molecule has 1 aromatic carbocycles. The molecule has 0 aliphatic carbocycles. The molecule has 1 aromatic rings. The van der Waals surface area contributed by atoms with Gasteiger partial charge in [0.15, 0.2) is 0 Å². The Hall–Kier alpha value is -1.53. The Morgan fingerprint density at radius 2 is 2.25 bits per heavy atom. The maximum Gasteiger partial charge on any atom is 0.317 e. The molecule has 1 unspecified atom stereocenters. The summed E-state index contributed by atoms with van der Waals surface area (Å²) in [6.45, 7) is 0.150. The van der Waals surface area contributed by atoms with Gasteiger partial charge in [-0.1, -0.05) is 23.2 Å². The van der Waals surface area contributed by atoms with E-state index < -0.39 is 11.9 Å². The van der Waals surface area contributed by atoms with E-state index in [1.54, 1.807) is 0 Å². The molecule has 1 heterocycles. The van der Waals surface area contributed by atoms with Crippen LogP contribution < -0.4 is 10.6 Å². The second-order valence-electron chi connectivity index (χ2n) is 4.38. The highest BCUT2D eigenvalue weighted by Crippen LogP contribution is 2.24. The van der Waals surface area contributed by atoms with E-state index in [9.17, 15) is 14.0 Å². The van der Waals surface area contributed by atoms with Crippen LogP contribution >= 0.6 is 23.2 Å². The minimum atomic E-state index is -0.614. The number of nitrogens with one attached hydrogen (secondary N) is 2. The summed E-state index contributed by atoms with van der Waals surface area (Å²) in [5.41, 5.74) is 0.157. The molecule has 3 amide bonds. The molecule has 0 aromatic heterocycles. The molecule has 0 saturated carbocycles. The van der Waals surface area contributed by atoms with Gasteiger partial charge in [-0.2, -0.15) is 0 Å². The minimum Gasteiger partial charge on any atom is -0.350 e. The van der Waals surface area contributed by atoms with E-state index in [1.165, 1.54) is 18.0 Å². The van der Waals surface area contributed by atoms with Crippen LogP contribution in [-0.4, -0.2) is 36.5 Å². The Bertz CT molecular complexity index is 545. The van der Waals surface area contributed by atoms with Crippen molar-refractivity contribution < 1.29 is 14.0 Å². The van der Waals surface area contributed by atoms with Crippen LogP contribution in [0.5, 0.6) is 0 Å². The number of benzene rings is 1. The van der Waals surface area contributed by atoms with Crippen molar-refractivity contribution in [3.8, 4) is 0 Å². The number of nitrogens with zero attached hydrogens (tertiary/aromatic N) is 1. The van der Waals surface area contributed by atoms with Gasteiger partial charge in [0.1, 0.15) is 11.9 Å². The molecule has 20 heavy (non-hydrogen) atoms. The number of likely N-dealkylation sites (N-methyl/N-ethyl adjacent to an activating group) is 1. The Kier molecular flexibility index (Phi) is 4.35. The maximum atomic E-state index is 13.7. The fourth-order valence-electron chi connectivity index (χ4n) is 1.89. The van der Waals surface area contributed by atoms with Crippen LogP contribution in [0, 0.1) is 5.82 Å². The third-order valence-corrected chi connectivity index (χ3v) is 3.64. The van der Waals surface area contributed by atoms with E-state index in [0.29, 0.717) is 0 Å². The molecule has 0 bridgehead atoms. The molecule has 108 valence electrons. The highest BCUT2D eigenvalue weighted by atomic mass is 35.5. The van der Waals surface area contributed by atoms with Gasteiger partial charge in [0.05, 0.1) is 0 Å². The lowest BCUT2D eigenvalue weighted by atomic mass is 10.2. The lowest BCUT2D eigenvalue weighted by Gasteiger charge is -2.17. The Labute approximate surface area is 125 Å². The number of halogens is 3. The Balaban J connectivity index is 2.03. The van der Waals surface area contributed by atoms with Crippen LogP contribution in [0.3, 0.4) is 0 Å². The van der Waals surface area contributed by atoms with Gasteiger partial charge in [-0.25, -0.2) is 9.18 Å². The Morgan fingerprint density at radius 3 is 2.80 bits per heavy atom. The van der Waals surface area contributed by atoms with Crippen molar-refractivity contribution in [2.24, 2.45) is 0 Å². The first kappa shape index (κ1) is 14.9. The summed E-state index contributed by atoms with van der Waals surface area (Å²) in [5, 5.41) is 5.42.